The average Bonchev–Trinajstić information content (AvgIpc) is 2.47. The molecule has 0 aliphatic rings. The molecule has 1 N–H and O–H groups in total. The summed E-state index contributed by atoms with van der Waals surface area (Å²) in [6, 6.07) is 11.6. The minimum Gasteiger partial charge on any atom is -0.306 e. The van der Waals surface area contributed by atoms with Gasteiger partial charge in [0.15, 0.2) is 0 Å². The molecule has 0 radical (unpaired) electrons. The third kappa shape index (κ3) is 3.64. The molecule has 0 aliphatic heterocycles. The standard InChI is InChI=1S/C17H19F2N/c1-3-13-4-6-14(7-5-13)11-20-12(2)16-10-15(18)8-9-17(16)19/h4-10,12,20H,3,11H2,1-2H3. The Kier molecular flexibility index (Phi) is 4.85. The maximum absolute atomic E-state index is 13.6. The van der Waals surface area contributed by atoms with Gasteiger partial charge in [0.05, 0.1) is 0 Å². The molecule has 3 heteroatoms. The first-order valence-corrected chi connectivity index (χ1v) is 6.86. The molecular formula is C17H19F2N. The number of rotatable bonds is 5. The molecule has 0 heterocycles. The molecule has 1 unspecified atom stereocenters. The Morgan fingerprint density at radius 2 is 1.65 bits per heavy atom. The summed E-state index contributed by atoms with van der Waals surface area (Å²) in [5.74, 6) is -0.796. The van der Waals surface area contributed by atoms with Crippen molar-refractivity contribution >= 4 is 0 Å². The van der Waals surface area contributed by atoms with Gasteiger partial charge in [-0.2, -0.15) is 0 Å². The van der Waals surface area contributed by atoms with Crippen LogP contribution >= 0.6 is 0 Å². The van der Waals surface area contributed by atoms with Crippen molar-refractivity contribution in [2.24, 2.45) is 0 Å². The Labute approximate surface area is 118 Å². The van der Waals surface area contributed by atoms with Crippen molar-refractivity contribution in [3.63, 3.8) is 0 Å². The topological polar surface area (TPSA) is 12.0 Å². The van der Waals surface area contributed by atoms with Crippen molar-refractivity contribution in [3.8, 4) is 0 Å². The van der Waals surface area contributed by atoms with Crippen LogP contribution in [0.1, 0.15) is 36.6 Å². The van der Waals surface area contributed by atoms with Crippen molar-refractivity contribution in [3.05, 3.63) is 70.8 Å². The van der Waals surface area contributed by atoms with Crippen molar-refractivity contribution < 1.29 is 8.78 Å². The Morgan fingerprint density at radius 3 is 2.30 bits per heavy atom. The van der Waals surface area contributed by atoms with Crippen molar-refractivity contribution in [1.29, 1.82) is 0 Å². The van der Waals surface area contributed by atoms with Crippen LogP contribution < -0.4 is 5.32 Å². The van der Waals surface area contributed by atoms with E-state index in [2.05, 4.69) is 36.5 Å². The van der Waals surface area contributed by atoms with Gasteiger partial charge in [0, 0.05) is 18.2 Å². The zero-order valence-electron chi connectivity index (χ0n) is 11.8. The second kappa shape index (κ2) is 6.62. The molecule has 1 atom stereocenters. The maximum atomic E-state index is 13.6. The maximum Gasteiger partial charge on any atom is 0.128 e. The van der Waals surface area contributed by atoms with E-state index in [9.17, 15) is 8.78 Å². The Bertz CT molecular complexity index is 564. The van der Waals surface area contributed by atoms with Gasteiger partial charge in [-0.05, 0) is 42.7 Å². The van der Waals surface area contributed by atoms with Crippen LogP contribution in [-0.4, -0.2) is 0 Å². The highest BCUT2D eigenvalue weighted by atomic mass is 19.1. The predicted octanol–water partition coefficient (Wildman–Crippen LogP) is 4.38. The monoisotopic (exact) mass is 275 g/mol. The van der Waals surface area contributed by atoms with Crippen LogP contribution in [0.15, 0.2) is 42.5 Å². The molecule has 2 aromatic rings. The predicted molar refractivity (Wildman–Crippen MR) is 77.4 cm³/mol. The van der Waals surface area contributed by atoms with Crippen LogP contribution in [0.4, 0.5) is 8.78 Å². The van der Waals surface area contributed by atoms with Gasteiger partial charge in [-0.25, -0.2) is 8.78 Å². The van der Waals surface area contributed by atoms with Crippen LogP contribution in [-0.2, 0) is 13.0 Å². The van der Waals surface area contributed by atoms with Gasteiger partial charge in [0.25, 0.3) is 0 Å². The molecule has 0 bridgehead atoms. The van der Waals surface area contributed by atoms with E-state index in [-0.39, 0.29) is 11.9 Å². The highest BCUT2D eigenvalue weighted by Gasteiger charge is 2.11. The van der Waals surface area contributed by atoms with Gasteiger partial charge in [-0.15, -0.1) is 0 Å². The van der Waals surface area contributed by atoms with Crippen LogP contribution in [0.5, 0.6) is 0 Å². The first-order valence-electron chi connectivity index (χ1n) is 6.86. The normalized spacial score (nSPS) is 12.4. The Hall–Kier alpha value is -1.74. The molecule has 0 aliphatic carbocycles. The second-order valence-corrected chi connectivity index (χ2v) is 4.94. The molecule has 0 saturated heterocycles. The van der Waals surface area contributed by atoms with Crippen LogP contribution in [0.25, 0.3) is 0 Å². The van der Waals surface area contributed by atoms with Gasteiger partial charge < -0.3 is 5.32 Å². The minimum atomic E-state index is -0.414. The summed E-state index contributed by atoms with van der Waals surface area (Å²) in [5.41, 5.74) is 2.78. The summed E-state index contributed by atoms with van der Waals surface area (Å²) in [7, 11) is 0. The quantitative estimate of drug-likeness (QED) is 0.854. The van der Waals surface area contributed by atoms with Gasteiger partial charge in [-0.3, -0.25) is 0 Å². The van der Waals surface area contributed by atoms with E-state index in [1.165, 1.54) is 17.7 Å². The van der Waals surface area contributed by atoms with E-state index < -0.39 is 5.82 Å². The summed E-state index contributed by atoms with van der Waals surface area (Å²) >= 11 is 0. The van der Waals surface area contributed by atoms with Crippen LogP contribution in [0.3, 0.4) is 0 Å². The van der Waals surface area contributed by atoms with Crippen LogP contribution in [0, 0.1) is 11.6 Å². The van der Waals surface area contributed by atoms with E-state index in [4.69, 9.17) is 0 Å². The molecule has 0 amide bonds. The first kappa shape index (κ1) is 14.7. The average molecular weight is 275 g/mol. The van der Waals surface area contributed by atoms with E-state index in [0.717, 1.165) is 18.1 Å². The van der Waals surface area contributed by atoms with Crippen molar-refractivity contribution in [2.45, 2.75) is 32.9 Å². The molecular weight excluding hydrogens is 256 g/mol. The SMILES string of the molecule is CCc1ccc(CNC(C)c2cc(F)ccc2F)cc1. The van der Waals surface area contributed by atoms with Crippen molar-refractivity contribution in [1.82, 2.24) is 5.32 Å². The van der Waals surface area contributed by atoms with Gasteiger partial charge in [0.2, 0.25) is 0 Å². The number of halogens is 2. The third-order valence-electron chi connectivity index (χ3n) is 3.47. The number of aryl methyl sites for hydroxylation is 1. The fraction of sp³-hybridized carbons (Fsp3) is 0.294. The second-order valence-electron chi connectivity index (χ2n) is 4.94. The number of benzene rings is 2. The van der Waals surface area contributed by atoms with E-state index in [1.54, 1.807) is 0 Å². The van der Waals surface area contributed by atoms with E-state index in [0.29, 0.717) is 12.1 Å². The summed E-state index contributed by atoms with van der Waals surface area (Å²) in [6.07, 6.45) is 1.01. The molecule has 106 valence electrons. The van der Waals surface area contributed by atoms with Gasteiger partial charge in [-0.1, -0.05) is 31.2 Å². The molecule has 0 saturated carbocycles. The highest BCUT2D eigenvalue weighted by Crippen LogP contribution is 2.18. The number of hydrogen-bond donors (Lipinski definition) is 1. The highest BCUT2D eigenvalue weighted by molar-refractivity contribution is 5.24. The molecule has 1 nitrogen and oxygen atoms in total. The fourth-order valence-electron chi connectivity index (χ4n) is 2.12. The summed E-state index contributed by atoms with van der Waals surface area (Å²) in [4.78, 5) is 0. The summed E-state index contributed by atoms with van der Waals surface area (Å²) in [5, 5.41) is 3.21. The van der Waals surface area contributed by atoms with Gasteiger partial charge >= 0.3 is 0 Å². The lowest BCUT2D eigenvalue weighted by molar-refractivity contribution is 0.518. The lowest BCUT2D eigenvalue weighted by Gasteiger charge is -2.15. The number of hydrogen-bond acceptors (Lipinski definition) is 1. The lowest BCUT2D eigenvalue weighted by atomic mass is 10.1. The summed E-state index contributed by atoms with van der Waals surface area (Å²) < 4.78 is 26.8. The number of nitrogens with one attached hydrogen (secondary N) is 1. The zero-order chi connectivity index (χ0) is 14.5. The smallest absolute Gasteiger partial charge is 0.128 e. The largest absolute Gasteiger partial charge is 0.306 e. The minimum absolute atomic E-state index is 0.239. The lowest BCUT2D eigenvalue weighted by Crippen LogP contribution is -2.19. The summed E-state index contributed by atoms with van der Waals surface area (Å²) in [6.45, 7) is 4.57. The van der Waals surface area contributed by atoms with Crippen LogP contribution in [0.2, 0.25) is 0 Å². The zero-order valence-corrected chi connectivity index (χ0v) is 11.8. The van der Waals surface area contributed by atoms with E-state index >= 15 is 0 Å². The first-order chi connectivity index (χ1) is 9.60. The Balaban J connectivity index is 2.00. The molecule has 20 heavy (non-hydrogen) atoms. The third-order valence-corrected chi connectivity index (χ3v) is 3.47. The Morgan fingerprint density at radius 1 is 1.00 bits per heavy atom. The van der Waals surface area contributed by atoms with Crippen molar-refractivity contribution in [2.75, 3.05) is 0 Å². The van der Waals surface area contributed by atoms with E-state index in [1.807, 2.05) is 6.92 Å². The molecule has 0 fully saturated rings. The molecule has 2 aromatic carbocycles. The molecule has 2 rings (SSSR count). The van der Waals surface area contributed by atoms with Gasteiger partial charge in [0.1, 0.15) is 11.6 Å². The molecule has 0 aromatic heterocycles. The fourth-order valence-corrected chi connectivity index (χ4v) is 2.12. The molecule has 0 spiro atoms.